The van der Waals surface area contributed by atoms with Gasteiger partial charge >= 0.3 is 6.09 Å². The SMILES string of the molecule is C=C(C)OC(=O)N[C@H](C(=O)N[C@H](C(=O)N1C[C@]2(C[C@H]1C(=O)N[C@]1(C(=O)NS(=O)(=O)C3(CCC)CC3)C[C@H]1CC)C(C)(C)C21CCC1)C(C)(C)C)C1CCCCC1. The summed E-state index contributed by atoms with van der Waals surface area (Å²) >= 11 is 0. The van der Waals surface area contributed by atoms with Gasteiger partial charge in [0.1, 0.15) is 23.7 Å². The van der Waals surface area contributed by atoms with Crippen LogP contribution in [0.2, 0.25) is 0 Å². The number of nitrogens with one attached hydrogen (secondary N) is 4. The molecule has 5 amide bonds. The molecule has 14 heteroatoms. The topological polar surface area (TPSA) is 180 Å². The molecule has 0 aromatic heterocycles. The second-order valence-corrected chi connectivity index (χ2v) is 22.0. The third kappa shape index (κ3) is 6.95. The molecule has 6 atom stereocenters. The van der Waals surface area contributed by atoms with Crippen LogP contribution in [-0.2, 0) is 33.9 Å². The quantitative estimate of drug-likeness (QED) is 0.164. The van der Waals surface area contributed by atoms with Gasteiger partial charge in [0.25, 0.3) is 5.91 Å². The third-order valence-electron chi connectivity index (χ3n) is 15.4. The van der Waals surface area contributed by atoms with Gasteiger partial charge < -0.3 is 25.6 Å². The molecule has 6 rings (SSSR count). The maximum absolute atomic E-state index is 15.1. The zero-order valence-electron chi connectivity index (χ0n) is 35.0. The molecule has 6 aliphatic rings. The molecular weight excluding hydrogens is 735 g/mol. The Balaban J connectivity index is 1.28. The first-order valence-corrected chi connectivity index (χ1v) is 22.7. The molecule has 13 nitrogen and oxygen atoms in total. The van der Waals surface area contributed by atoms with Crippen molar-refractivity contribution in [2.24, 2.45) is 33.5 Å². The molecule has 0 aromatic carbocycles. The standard InChI is InChI=1S/C42H67N5O8S/c1-10-18-39(21-22-39)56(53,54)46-35(51)42(23-28(42)11-2)45-32(48)29-24-41(38(8,9)40(41)19-15-20-40)25-47(29)34(50)31(37(5,6)7)44-33(49)30(27-16-13-12-14-17-27)43-36(52)55-26(3)4/h27-31H,3,10-25H2,1-2,4-9H3,(H,43,52)(H,44,49)(H,45,48)(H,46,51)/t28-,29+,30+,31-,41-,42-/m1/s1. The smallest absolute Gasteiger partial charge is 0.412 e. The van der Waals surface area contributed by atoms with Crippen LogP contribution in [0.4, 0.5) is 4.79 Å². The Morgan fingerprint density at radius 3 is 2.04 bits per heavy atom. The number of carbonyl (C=O) groups excluding carboxylic acids is 5. The van der Waals surface area contributed by atoms with Crippen molar-refractivity contribution in [3.8, 4) is 0 Å². The van der Waals surface area contributed by atoms with Crippen LogP contribution in [0.1, 0.15) is 152 Å². The molecule has 0 unspecified atom stereocenters. The molecule has 4 N–H and O–H groups in total. The Labute approximate surface area is 334 Å². The molecule has 0 bridgehead atoms. The largest absolute Gasteiger partial charge is 0.416 e. The van der Waals surface area contributed by atoms with Gasteiger partial charge in [0.05, 0.1) is 10.5 Å². The Morgan fingerprint density at radius 2 is 1.55 bits per heavy atom. The number of fused-ring (bicyclic) bond motifs is 1. The average molecular weight is 802 g/mol. The molecular formula is C42H67N5O8S. The molecule has 5 aliphatic carbocycles. The number of hydrogen-bond donors (Lipinski definition) is 4. The molecule has 1 saturated heterocycles. The van der Waals surface area contributed by atoms with Crippen LogP contribution in [0.3, 0.4) is 0 Å². The number of amides is 5. The van der Waals surface area contributed by atoms with E-state index in [1.165, 1.54) is 0 Å². The van der Waals surface area contributed by atoms with Crippen molar-refractivity contribution in [1.82, 2.24) is 25.6 Å². The van der Waals surface area contributed by atoms with Gasteiger partial charge in [0.2, 0.25) is 27.7 Å². The van der Waals surface area contributed by atoms with Crippen LogP contribution < -0.4 is 20.7 Å². The number of rotatable bonds is 14. The van der Waals surface area contributed by atoms with Gasteiger partial charge in [-0.2, -0.15) is 0 Å². The highest BCUT2D eigenvalue weighted by Gasteiger charge is 2.85. The predicted octanol–water partition coefficient (Wildman–Crippen LogP) is 5.59. The van der Waals surface area contributed by atoms with Crippen molar-refractivity contribution < 1.29 is 37.1 Å². The van der Waals surface area contributed by atoms with Crippen LogP contribution in [0.5, 0.6) is 0 Å². The lowest BCUT2D eigenvalue weighted by Crippen LogP contribution is -2.62. The zero-order chi connectivity index (χ0) is 41.3. The summed E-state index contributed by atoms with van der Waals surface area (Å²) in [6.07, 6.45) is 10.1. The second kappa shape index (κ2) is 14.6. The second-order valence-electron chi connectivity index (χ2n) is 19.9. The van der Waals surface area contributed by atoms with Gasteiger partial charge in [-0.05, 0) is 92.8 Å². The lowest BCUT2D eigenvalue weighted by molar-refractivity contribution is -0.145. The number of alkyl carbamates (subject to hydrolysis) is 1. The fraction of sp³-hybridized carbons (Fsp3) is 0.833. The minimum atomic E-state index is -3.96. The highest BCUT2D eigenvalue weighted by Crippen LogP contribution is 2.88. The molecule has 1 aliphatic heterocycles. The van der Waals surface area contributed by atoms with Crippen molar-refractivity contribution in [3.05, 3.63) is 12.3 Å². The summed E-state index contributed by atoms with van der Waals surface area (Å²) in [7, 11) is -3.96. The van der Waals surface area contributed by atoms with Crippen LogP contribution in [0.25, 0.3) is 0 Å². The fourth-order valence-corrected chi connectivity index (χ4v) is 13.2. The normalized spacial score (nSPS) is 30.7. The highest BCUT2D eigenvalue weighted by atomic mass is 32.2. The number of sulfonamides is 1. The van der Waals surface area contributed by atoms with E-state index in [1.807, 2.05) is 34.6 Å². The van der Waals surface area contributed by atoms with Crippen molar-refractivity contribution in [3.63, 3.8) is 0 Å². The molecule has 0 aromatic rings. The molecule has 5 saturated carbocycles. The van der Waals surface area contributed by atoms with Gasteiger partial charge in [0.15, 0.2) is 0 Å². The van der Waals surface area contributed by atoms with Crippen molar-refractivity contribution >= 4 is 39.7 Å². The molecule has 314 valence electrons. The van der Waals surface area contributed by atoms with Crippen LogP contribution >= 0.6 is 0 Å². The van der Waals surface area contributed by atoms with Crippen molar-refractivity contribution in [2.45, 2.75) is 180 Å². The lowest BCUT2D eigenvalue weighted by atomic mass is 9.73. The summed E-state index contributed by atoms with van der Waals surface area (Å²) in [6, 6.07) is -2.92. The molecule has 6 fully saturated rings. The average Bonchev–Trinajstić information content (AvgIpc) is 4.03. The van der Waals surface area contributed by atoms with E-state index in [0.29, 0.717) is 51.5 Å². The summed E-state index contributed by atoms with van der Waals surface area (Å²) in [6.45, 7) is 19.4. The summed E-state index contributed by atoms with van der Waals surface area (Å²) in [5.41, 5.74) is -2.67. The van der Waals surface area contributed by atoms with Crippen LogP contribution in [0, 0.1) is 33.5 Å². The number of ether oxygens (including phenoxy) is 1. The van der Waals surface area contributed by atoms with E-state index < -0.39 is 73.6 Å². The van der Waals surface area contributed by atoms with Crippen LogP contribution in [-0.4, -0.2) is 78.0 Å². The predicted molar refractivity (Wildman–Crippen MR) is 212 cm³/mol. The minimum Gasteiger partial charge on any atom is -0.416 e. The zero-order valence-corrected chi connectivity index (χ0v) is 35.8. The van der Waals surface area contributed by atoms with E-state index in [2.05, 4.69) is 41.1 Å². The first-order chi connectivity index (χ1) is 26.1. The Hall–Kier alpha value is -3.16. The third-order valence-corrected chi connectivity index (χ3v) is 17.6. The van der Waals surface area contributed by atoms with E-state index >= 15 is 4.79 Å². The first kappa shape index (κ1) is 42.4. The number of carbonyl (C=O) groups is 5. The van der Waals surface area contributed by atoms with Gasteiger partial charge in [-0.15, -0.1) is 0 Å². The summed E-state index contributed by atoms with van der Waals surface area (Å²) in [5.74, 6) is -2.28. The first-order valence-electron chi connectivity index (χ1n) is 21.2. The Kier molecular flexibility index (Phi) is 11.1. The van der Waals surface area contributed by atoms with E-state index in [-0.39, 0.29) is 33.8 Å². The number of likely N-dealkylation sites (tertiary alicyclic amines) is 1. The van der Waals surface area contributed by atoms with Crippen molar-refractivity contribution in [2.75, 3.05) is 6.54 Å². The summed E-state index contributed by atoms with van der Waals surface area (Å²) in [4.78, 5) is 72.5. The monoisotopic (exact) mass is 801 g/mol. The van der Waals surface area contributed by atoms with Gasteiger partial charge in [-0.3, -0.25) is 23.9 Å². The fourth-order valence-electron chi connectivity index (χ4n) is 11.5. The summed E-state index contributed by atoms with van der Waals surface area (Å²) < 4.78 is 33.6. The molecule has 56 heavy (non-hydrogen) atoms. The van der Waals surface area contributed by atoms with E-state index in [1.54, 1.807) is 11.8 Å². The molecule has 2 spiro atoms. The van der Waals surface area contributed by atoms with E-state index in [4.69, 9.17) is 4.74 Å². The Bertz CT molecular complexity index is 1740. The van der Waals surface area contributed by atoms with Crippen LogP contribution in [0.15, 0.2) is 12.3 Å². The molecule has 1 heterocycles. The number of allylic oxidation sites excluding steroid dienone is 1. The summed E-state index contributed by atoms with van der Waals surface area (Å²) in [5, 5.41) is 8.82. The highest BCUT2D eigenvalue weighted by molar-refractivity contribution is 7.91. The Morgan fingerprint density at radius 1 is 0.911 bits per heavy atom. The van der Waals surface area contributed by atoms with Gasteiger partial charge in [0, 0.05) is 12.0 Å². The van der Waals surface area contributed by atoms with E-state index in [0.717, 1.165) is 51.4 Å². The maximum Gasteiger partial charge on any atom is 0.412 e. The number of hydrogen-bond acceptors (Lipinski definition) is 8. The van der Waals surface area contributed by atoms with Gasteiger partial charge in [-0.1, -0.05) is 93.6 Å². The number of nitrogens with zero attached hydrogens (tertiary/aromatic N) is 1. The van der Waals surface area contributed by atoms with Crippen molar-refractivity contribution in [1.29, 1.82) is 0 Å². The lowest BCUT2D eigenvalue weighted by Gasteiger charge is -2.38. The van der Waals surface area contributed by atoms with Gasteiger partial charge in [-0.25, -0.2) is 13.2 Å². The minimum absolute atomic E-state index is 0.0137. The maximum atomic E-state index is 15.1. The van der Waals surface area contributed by atoms with E-state index in [9.17, 15) is 27.6 Å². The molecule has 0 radical (unpaired) electrons.